The normalized spacial score (nSPS) is 16.6. The van der Waals surface area contributed by atoms with Gasteiger partial charge in [0.2, 0.25) is 4.96 Å². The monoisotopic (exact) mass is 319 g/mol. The van der Waals surface area contributed by atoms with Crippen LogP contribution in [0.3, 0.4) is 0 Å². The van der Waals surface area contributed by atoms with Crippen molar-refractivity contribution in [1.82, 2.24) is 25.1 Å². The summed E-state index contributed by atoms with van der Waals surface area (Å²) in [6, 6.07) is 3.78. The second-order valence-corrected chi connectivity index (χ2v) is 6.93. The lowest BCUT2D eigenvalue weighted by Crippen LogP contribution is -2.26. The van der Waals surface area contributed by atoms with Crippen LogP contribution in [0.25, 0.3) is 15.5 Å². The van der Waals surface area contributed by atoms with Crippen molar-refractivity contribution in [2.75, 3.05) is 13.1 Å². The Labute approximate surface area is 128 Å². The molecule has 1 saturated heterocycles. The van der Waals surface area contributed by atoms with Crippen LogP contribution in [0, 0.1) is 0 Å². The SMILES string of the molecule is O=c1c(-c2cccs2)nnc2sc(C3CCNCC3)nn12. The molecule has 3 aromatic rings. The fourth-order valence-corrected chi connectivity index (χ4v) is 4.24. The molecule has 3 aromatic heterocycles. The smallest absolute Gasteiger partial charge is 0.302 e. The van der Waals surface area contributed by atoms with Gasteiger partial charge in [-0.3, -0.25) is 4.79 Å². The van der Waals surface area contributed by atoms with Crippen molar-refractivity contribution in [2.45, 2.75) is 18.8 Å². The third-order valence-corrected chi connectivity index (χ3v) is 5.59. The zero-order valence-corrected chi connectivity index (χ0v) is 12.8. The van der Waals surface area contributed by atoms with E-state index in [2.05, 4.69) is 20.6 Å². The van der Waals surface area contributed by atoms with Crippen LogP contribution in [0.4, 0.5) is 0 Å². The lowest BCUT2D eigenvalue weighted by Gasteiger charge is -2.19. The molecule has 1 N–H and O–H groups in total. The Morgan fingerprint density at radius 3 is 2.90 bits per heavy atom. The molecule has 0 bridgehead atoms. The Kier molecular flexibility index (Phi) is 3.28. The van der Waals surface area contributed by atoms with Gasteiger partial charge in [0.25, 0.3) is 0 Å². The Hall–Kier alpha value is -1.64. The second-order valence-electron chi connectivity index (χ2n) is 4.99. The third-order valence-electron chi connectivity index (χ3n) is 3.65. The molecule has 0 atom stereocenters. The molecule has 4 rings (SSSR count). The molecule has 0 spiro atoms. The van der Waals surface area contributed by atoms with Crippen molar-refractivity contribution in [3.63, 3.8) is 0 Å². The predicted molar refractivity (Wildman–Crippen MR) is 83.1 cm³/mol. The van der Waals surface area contributed by atoms with Gasteiger partial charge in [-0.1, -0.05) is 17.4 Å². The number of hydrogen-bond acceptors (Lipinski definition) is 7. The molecule has 6 nitrogen and oxygen atoms in total. The first-order valence-electron chi connectivity index (χ1n) is 6.84. The summed E-state index contributed by atoms with van der Waals surface area (Å²) in [6.07, 6.45) is 2.11. The average Bonchev–Trinajstić information content (AvgIpc) is 3.18. The molecule has 0 radical (unpaired) electrons. The van der Waals surface area contributed by atoms with E-state index in [0.717, 1.165) is 35.8 Å². The Bertz CT molecular complexity index is 817. The summed E-state index contributed by atoms with van der Waals surface area (Å²) in [5.74, 6) is 0.419. The number of nitrogens with zero attached hydrogens (tertiary/aromatic N) is 4. The Morgan fingerprint density at radius 1 is 1.29 bits per heavy atom. The Morgan fingerprint density at radius 2 is 2.14 bits per heavy atom. The first-order valence-corrected chi connectivity index (χ1v) is 8.53. The summed E-state index contributed by atoms with van der Waals surface area (Å²) in [5, 5.41) is 19.0. The van der Waals surface area contributed by atoms with E-state index in [9.17, 15) is 4.79 Å². The van der Waals surface area contributed by atoms with E-state index in [1.807, 2.05) is 17.5 Å². The highest BCUT2D eigenvalue weighted by atomic mass is 32.1. The summed E-state index contributed by atoms with van der Waals surface area (Å²) < 4.78 is 1.41. The fourth-order valence-electron chi connectivity index (χ4n) is 2.53. The number of aromatic nitrogens is 4. The maximum Gasteiger partial charge on any atom is 0.302 e. The molecule has 0 unspecified atom stereocenters. The van der Waals surface area contributed by atoms with E-state index in [-0.39, 0.29) is 5.56 Å². The largest absolute Gasteiger partial charge is 0.317 e. The van der Waals surface area contributed by atoms with Crippen LogP contribution in [0.5, 0.6) is 0 Å². The van der Waals surface area contributed by atoms with Crippen molar-refractivity contribution in [3.05, 3.63) is 32.9 Å². The van der Waals surface area contributed by atoms with Gasteiger partial charge in [0, 0.05) is 5.92 Å². The number of piperidine rings is 1. The van der Waals surface area contributed by atoms with E-state index in [1.54, 1.807) is 0 Å². The molecule has 4 heterocycles. The maximum atomic E-state index is 12.5. The molecule has 0 saturated carbocycles. The van der Waals surface area contributed by atoms with Gasteiger partial charge in [-0.05, 0) is 37.4 Å². The van der Waals surface area contributed by atoms with Gasteiger partial charge in [0.05, 0.1) is 4.88 Å². The molecule has 21 heavy (non-hydrogen) atoms. The summed E-state index contributed by atoms with van der Waals surface area (Å²) in [4.78, 5) is 13.9. The maximum absolute atomic E-state index is 12.5. The molecular weight excluding hydrogens is 306 g/mol. The topological polar surface area (TPSA) is 72.2 Å². The van der Waals surface area contributed by atoms with Gasteiger partial charge >= 0.3 is 5.56 Å². The van der Waals surface area contributed by atoms with Crippen molar-refractivity contribution in [3.8, 4) is 10.6 Å². The van der Waals surface area contributed by atoms with Gasteiger partial charge in [-0.25, -0.2) is 0 Å². The molecule has 0 aliphatic carbocycles. The fraction of sp³-hybridized carbons (Fsp3) is 0.385. The van der Waals surface area contributed by atoms with Crippen LogP contribution >= 0.6 is 22.7 Å². The van der Waals surface area contributed by atoms with E-state index in [4.69, 9.17) is 0 Å². The van der Waals surface area contributed by atoms with Gasteiger partial charge in [0.1, 0.15) is 5.01 Å². The van der Waals surface area contributed by atoms with Gasteiger partial charge < -0.3 is 5.32 Å². The van der Waals surface area contributed by atoms with Crippen molar-refractivity contribution in [2.24, 2.45) is 0 Å². The molecule has 108 valence electrons. The minimum absolute atomic E-state index is 0.182. The highest BCUT2D eigenvalue weighted by molar-refractivity contribution is 7.16. The minimum atomic E-state index is -0.182. The zero-order chi connectivity index (χ0) is 14.2. The summed E-state index contributed by atoms with van der Waals surface area (Å²) >= 11 is 2.96. The molecule has 1 aliphatic heterocycles. The number of nitrogens with one attached hydrogen (secondary N) is 1. The van der Waals surface area contributed by atoms with Crippen LogP contribution < -0.4 is 10.9 Å². The summed E-state index contributed by atoms with van der Waals surface area (Å²) in [7, 11) is 0. The zero-order valence-electron chi connectivity index (χ0n) is 11.2. The van der Waals surface area contributed by atoms with Gasteiger partial charge in [0.15, 0.2) is 5.69 Å². The lowest BCUT2D eigenvalue weighted by molar-refractivity contribution is 0.456. The number of thiophene rings is 1. The summed E-state index contributed by atoms with van der Waals surface area (Å²) in [5.41, 5.74) is 0.198. The number of fused-ring (bicyclic) bond motifs is 1. The predicted octanol–water partition coefficient (Wildman–Crippen LogP) is 1.74. The molecule has 1 aliphatic rings. The average molecular weight is 319 g/mol. The first kappa shape index (κ1) is 13.1. The standard InChI is InChI=1S/C13H13N5OS2/c19-12-10(9-2-1-7-20-9)15-16-13-18(12)17-11(21-13)8-3-5-14-6-4-8/h1-2,7-8,14H,3-6H2. The third kappa shape index (κ3) is 2.29. The van der Waals surface area contributed by atoms with Crippen molar-refractivity contribution < 1.29 is 0 Å². The highest BCUT2D eigenvalue weighted by Gasteiger charge is 2.21. The quantitative estimate of drug-likeness (QED) is 0.779. The van der Waals surface area contributed by atoms with Crippen LogP contribution in [0.15, 0.2) is 22.3 Å². The van der Waals surface area contributed by atoms with E-state index >= 15 is 0 Å². The molecule has 0 amide bonds. The number of hydrogen-bond donors (Lipinski definition) is 1. The van der Waals surface area contributed by atoms with E-state index in [1.165, 1.54) is 27.2 Å². The lowest BCUT2D eigenvalue weighted by atomic mass is 9.99. The first-order chi connectivity index (χ1) is 10.3. The molecule has 0 aromatic carbocycles. The van der Waals surface area contributed by atoms with Crippen LogP contribution in [0.1, 0.15) is 23.8 Å². The van der Waals surface area contributed by atoms with Crippen LogP contribution in [0.2, 0.25) is 0 Å². The molecular formula is C13H13N5OS2. The molecule has 8 heteroatoms. The van der Waals surface area contributed by atoms with Gasteiger partial charge in [-0.2, -0.15) is 9.61 Å². The van der Waals surface area contributed by atoms with Crippen molar-refractivity contribution >= 4 is 27.6 Å². The van der Waals surface area contributed by atoms with Crippen LogP contribution in [-0.4, -0.2) is 32.9 Å². The van der Waals surface area contributed by atoms with Gasteiger partial charge in [-0.15, -0.1) is 21.5 Å². The molecule has 1 fully saturated rings. The second kappa shape index (κ2) is 5.28. The van der Waals surface area contributed by atoms with Crippen LogP contribution in [-0.2, 0) is 0 Å². The van der Waals surface area contributed by atoms with Crippen molar-refractivity contribution in [1.29, 1.82) is 0 Å². The highest BCUT2D eigenvalue weighted by Crippen LogP contribution is 2.28. The van der Waals surface area contributed by atoms with E-state index in [0.29, 0.717) is 16.6 Å². The number of rotatable bonds is 2. The summed E-state index contributed by atoms with van der Waals surface area (Å²) in [6.45, 7) is 2.00. The van der Waals surface area contributed by atoms with E-state index < -0.39 is 0 Å². The Balaban J connectivity index is 1.81. The minimum Gasteiger partial charge on any atom is -0.317 e.